The van der Waals surface area contributed by atoms with Gasteiger partial charge in [-0.1, -0.05) is 0 Å². The first-order valence-corrected chi connectivity index (χ1v) is 3.25. The van der Waals surface area contributed by atoms with Gasteiger partial charge in [-0.15, -0.1) is 0 Å². The SMILES string of the molecule is N=CCN[C@@H](CC(=O)O)C(=O)O. The van der Waals surface area contributed by atoms with Crippen LogP contribution in [0.4, 0.5) is 0 Å². The van der Waals surface area contributed by atoms with Crippen molar-refractivity contribution < 1.29 is 19.8 Å². The molecule has 0 aromatic rings. The smallest absolute Gasteiger partial charge is 0.321 e. The lowest BCUT2D eigenvalue weighted by Gasteiger charge is -2.09. The third-order valence-corrected chi connectivity index (χ3v) is 1.14. The maximum Gasteiger partial charge on any atom is 0.321 e. The highest BCUT2D eigenvalue weighted by atomic mass is 16.4. The van der Waals surface area contributed by atoms with Crippen LogP contribution in [0.3, 0.4) is 0 Å². The topological polar surface area (TPSA) is 110 Å². The molecule has 0 bridgehead atoms. The summed E-state index contributed by atoms with van der Waals surface area (Å²) < 4.78 is 0. The molecule has 0 radical (unpaired) electrons. The first-order chi connectivity index (χ1) is 5.57. The molecule has 0 rings (SSSR count). The molecule has 0 amide bonds. The number of hydrogen-bond donors (Lipinski definition) is 4. The zero-order valence-corrected chi connectivity index (χ0v) is 6.28. The summed E-state index contributed by atoms with van der Waals surface area (Å²) >= 11 is 0. The number of carboxylic acids is 2. The summed E-state index contributed by atoms with van der Waals surface area (Å²) in [6, 6.07) is -1.12. The Bertz CT molecular complexity index is 192. The van der Waals surface area contributed by atoms with E-state index in [0.29, 0.717) is 0 Å². The zero-order valence-electron chi connectivity index (χ0n) is 6.28. The minimum absolute atomic E-state index is 0.0598. The molecular weight excluding hydrogens is 164 g/mol. The zero-order chi connectivity index (χ0) is 9.56. The fourth-order valence-electron chi connectivity index (χ4n) is 0.623. The van der Waals surface area contributed by atoms with Crippen molar-refractivity contribution in [2.45, 2.75) is 12.5 Å². The Kier molecular flexibility index (Phi) is 4.62. The maximum absolute atomic E-state index is 10.3. The van der Waals surface area contributed by atoms with Crippen LogP contribution in [0.1, 0.15) is 6.42 Å². The highest BCUT2D eigenvalue weighted by Gasteiger charge is 2.19. The molecule has 0 aromatic heterocycles. The summed E-state index contributed by atoms with van der Waals surface area (Å²) in [5.41, 5.74) is 0. The van der Waals surface area contributed by atoms with E-state index in [9.17, 15) is 9.59 Å². The molecular formula is C6H10N2O4. The van der Waals surface area contributed by atoms with Gasteiger partial charge < -0.3 is 15.6 Å². The molecule has 0 heterocycles. The fraction of sp³-hybridized carbons (Fsp3) is 0.500. The monoisotopic (exact) mass is 174 g/mol. The molecule has 0 spiro atoms. The molecule has 6 nitrogen and oxygen atoms in total. The van der Waals surface area contributed by atoms with E-state index in [1.165, 1.54) is 0 Å². The van der Waals surface area contributed by atoms with E-state index in [-0.39, 0.29) is 6.54 Å². The van der Waals surface area contributed by atoms with E-state index >= 15 is 0 Å². The van der Waals surface area contributed by atoms with Gasteiger partial charge in [0.15, 0.2) is 0 Å². The molecule has 68 valence electrons. The van der Waals surface area contributed by atoms with Gasteiger partial charge in [-0.25, -0.2) is 0 Å². The van der Waals surface area contributed by atoms with Crippen LogP contribution < -0.4 is 5.32 Å². The van der Waals surface area contributed by atoms with Crippen molar-refractivity contribution >= 4 is 18.2 Å². The van der Waals surface area contributed by atoms with Crippen molar-refractivity contribution in [2.75, 3.05) is 6.54 Å². The summed E-state index contributed by atoms with van der Waals surface area (Å²) in [5.74, 6) is -2.40. The van der Waals surface area contributed by atoms with Gasteiger partial charge in [0.25, 0.3) is 0 Å². The van der Waals surface area contributed by atoms with Gasteiger partial charge in [0.05, 0.1) is 6.42 Å². The average Bonchev–Trinajstić information content (AvgIpc) is 1.96. The van der Waals surface area contributed by atoms with Crippen LogP contribution in [0.15, 0.2) is 0 Å². The Labute approximate surface area is 68.7 Å². The van der Waals surface area contributed by atoms with Gasteiger partial charge in [-0.3, -0.25) is 14.9 Å². The standard InChI is InChI=1S/C6H10N2O4/c7-1-2-8-4(6(11)12)3-5(9)10/h1,4,7-8H,2-3H2,(H,9,10)(H,11,12)/t4-/m0/s1. The molecule has 0 aliphatic carbocycles. The molecule has 0 aliphatic rings. The van der Waals surface area contributed by atoms with E-state index in [1.54, 1.807) is 0 Å². The Morgan fingerprint density at radius 2 is 2.08 bits per heavy atom. The largest absolute Gasteiger partial charge is 0.481 e. The van der Waals surface area contributed by atoms with Gasteiger partial charge >= 0.3 is 11.9 Å². The van der Waals surface area contributed by atoms with Gasteiger partial charge in [-0.05, 0) is 0 Å². The van der Waals surface area contributed by atoms with Crippen LogP contribution in [0.2, 0.25) is 0 Å². The molecule has 0 fully saturated rings. The number of nitrogens with one attached hydrogen (secondary N) is 2. The number of carboxylic acid groups (broad SMARTS) is 2. The first kappa shape index (κ1) is 10.6. The van der Waals surface area contributed by atoms with Crippen LogP contribution in [0.25, 0.3) is 0 Å². The van der Waals surface area contributed by atoms with Crippen LogP contribution >= 0.6 is 0 Å². The van der Waals surface area contributed by atoms with E-state index in [4.69, 9.17) is 15.6 Å². The Morgan fingerprint density at radius 1 is 1.50 bits per heavy atom. The fourth-order valence-corrected chi connectivity index (χ4v) is 0.623. The van der Waals surface area contributed by atoms with E-state index in [2.05, 4.69) is 5.32 Å². The highest BCUT2D eigenvalue weighted by Crippen LogP contribution is 1.91. The number of carbonyl (C=O) groups is 2. The van der Waals surface area contributed by atoms with Crippen molar-refractivity contribution in [3.63, 3.8) is 0 Å². The molecule has 0 saturated carbocycles. The van der Waals surface area contributed by atoms with Crippen molar-refractivity contribution in [1.29, 1.82) is 5.41 Å². The van der Waals surface area contributed by atoms with Gasteiger partial charge in [0.1, 0.15) is 6.04 Å². The van der Waals surface area contributed by atoms with Crippen molar-refractivity contribution in [2.24, 2.45) is 0 Å². The third-order valence-electron chi connectivity index (χ3n) is 1.14. The normalized spacial score (nSPS) is 12.0. The molecule has 6 heteroatoms. The Balaban J connectivity index is 3.94. The van der Waals surface area contributed by atoms with E-state index in [0.717, 1.165) is 6.21 Å². The van der Waals surface area contributed by atoms with Gasteiger partial charge in [0.2, 0.25) is 0 Å². The third kappa shape index (κ3) is 4.40. The molecule has 0 aliphatic heterocycles. The summed E-state index contributed by atoms with van der Waals surface area (Å²) in [5, 5.41) is 25.7. The lowest BCUT2D eigenvalue weighted by molar-refractivity contribution is -0.145. The molecule has 12 heavy (non-hydrogen) atoms. The van der Waals surface area contributed by atoms with E-state index < -0.39 is 24.4 Å². The van der Waals surface area contributed by atoms with Crippen molar-refractivity contribution in [3.8, 4) is 0 Å². The quantitative estimate of drug-likeness (QED) is 0.392. The van der Waals surface area contributed by atoms with Crippen LogP contribution in [0.5, 0.6) is 0 Å². The van der Waals surface area contributed by atoms with Crippen molar-refractivity contribution in [1.82, 2.24) is 5.32 Å². The highest BCUT2D eigenvalue weighted by molar-refractivity contribution is 5.80. The second-order valence-corrected chi connectivity index (χ2v) is 2.10. The second-order valence-electron chi connectivity index (χ2n) is 2.10. The molecule has 1 atom stereocenters. The van der Waals surface area contributed by atoms with Gasteiger partial charge in [-0.2, -0.15) is 0 Å². The average molecular weight is 174 g/mol. The van der Waals surface area contributed by atoms with Crippen molar-refractivity contribution in [3.05, 3.63) is 0 Å². The molecule has 0 unspecified atom stereocenters. The number of hydrogen-bond acceptors (Lipinski definition) is 4. The summed E-state index contributed by atoms with van der Waals surface area (Å²) in [4.78, 5) is 20.5. The number of aliphatic carboxylic acids is 2. The summed E-state index contributed by atoms with van der Waals surface area (Å²) in [7, 11) is 0. The summed E-state index contributed by atoms with van der Waals surface area (Å²) in [6.07, 6.45) is 0.487. The lowest BCUT2D eigenvalue weighted by atomic mass is 10.2. The number of rotatable bonds is 6. The van der Waals surface area contributed by atoms with Crippen LogP contribution in [-0.2, 0) is 9.59 Å². The van der Waals surface area contributed by atoms with Gasteiger partial charge in [0, 0.05) is 12.8 Å². The summed E-state index contributed by atoms with van der Waals surface area (Å²) in [6.45, 7) is 0.0598. The molecule has 4 N–H and O–H groups in total. The molecule has 0 saturated heterocycles. The minimum Gasteiger partial charge on any atom is -0.481 e. The van der Waals surface area contributed by atoms with Crippen LogP contribution in [0, 0.1) is 5.41 Å². The maximum atomic E-state index is 10.3. The molecule has 0 aromatic carbocycles. The van der Waals surface area contributed by atoms with Crippen LogP contribution in [-0.4, -0.2) is 41.0 Å². The Morgan fingerprint density at radius 3 is 2.42 bits per heavy atom. The van der Waals surface area contributed by atoms with E-state index in [1.807, 2.05) is 0 Å². The minimum atomic E-state index is -1.22. The second kappa shape index (κ2) is 5.25. The first-order valence-electron chi connectivity index (χ1n) is 3.25. The predicted octanol–water partition coefficient (Wildman–Crippen LogP) is -0.847. The predicted molar refractivity (Wildman–Crippen MR) is 40.5 cm³/mol. The lowest BCUT2D eigenvalue weighted by Crippen LogP contribution is -2.39. The Hall–Kier alpha value is -1.43.